The normalized spacial score (nSPS) is 16.2. The van der Waals surface area contributed by atoms with E-state index < -0.39 is 10.0 Å². The van der Waals surface area contributed by atoms with Crippen molar-refractivity contribution in [3.63, 3.8) is 0 Å². The van der Waals surface area contributed by atoms with Gasteiger partial charge in [0.15, 0.2) is 5.82 Å². The van der Waals surface area contributed by atoms with Crippen LogP contribution in [0.1, 0.15) is 19.3 Å². The Morgan fingerprint density at radius 1 is 1.00 bits per heavy atom. The quantitative estimate of drug-likeness (QED) is 0.750. The molecule has 25 heavy (non-hydrogen) atoms. The molecule has 0 atom stereocenters. The summed E-state index contributed by atoms with van der Waals surface area (Å²) in [5.74, 6) is 0.683. The molecule has 130 valence electrons. The Hall–Kier alpha value is -2.38. The van der Waals surface area contributed by atoms with Crippen LogP contribution in [0.15, 0.2) is 53.4 Å². The monoisotopic (exact) mass is 356 g/mol. The maximum atomic E-state index is 12.8. The summed E-state index contributed by atoms with van der Waals surface area (Å²) in [5, 5.41) is 11.4. The molecule has 3 aromatic rings. The van der Waals surface area contributed by atoms with Gasteiger partial charge in [-0.05, 0) is 43.2 Å². The summed E-state index contributed by atoms with van der Waals surface area (Å²) < 4.78 is 27.2. The molecule has 2 heterocycles. The van der Waals surface area contributed by atoms with Crippen molar-refractivity contribution in [3.8, 4) is 0 Å². The third-order valence-electron chi connectivity index (χ3n) is 4.52. The molecule has 1 aromatic heterocycles. The molecule has 1 aliphatic rings. The lowest BCUT2D eigenvalue weighted by Gasteiger charge is -2.26. The van der Waals surface area contributed by atoms with E-state index in [9.17, 15) is 8.42 Å². The van der Waals surface area contributed by atoms with Crippen LogP contribution >= 0.6 is 0 Å². The lowest BCUT2D eigenvalue weighted by molar-refractivity contribution is 0.346. The van der Waals surface area contributed by atoms with Gasteiger partial charge in [-0.3, -0.25) is 5.10 Å². The van der Waals surface area contributed by atoms with Gasteiger partial charge in [0.25, 0.3) is 0 Å². The van der Waals surface area contributed by atoms with Gasteiger partial charge in [-0.15, -0.1) is 0 Å². The lowest BCUT2D eigenvalue weighted by Crippen LogP contribution is -2.35. The number of aromatic nitrogens is 2. The Bertz CT molecular complexity index is 991. The number of hydrogen-bond acceptors (Lipinski definition) is 4. The van der Waals surface area contributed by atoms with Crippen molar-refractivity contribution >= 4 is 32.4 Å². The average molecular weight is 356 g/mol. The molecular weight excluding hydrogens is 336 g/mol. The molecule has 0 saturated carbocycles. The summed E-state index contributed by atoms with van der Waals surface area (Å²) in [7, 11) is -3.44. The first-order valence-corrected chi connectivity index (χ1v) is 9.89. The van der Waals surface area contributed by atoms with Crippen LogP contribution in [0, 0.1) is 0 Å². The summed E-state index contributed by atoms with van der Waals surface area (Å²) in [4.78, 5) is 0.319. The van der Waals surface area contributed by atoms with Crippen LogP contribution in [0.25, 0.3) is 10.9 Å². The molecule has 0 aliphatic carbocycles. The van der Waals surface area contributed by atoms with Gasteiger partial charge in [0.1, 0.15) is 0 Å². The summed E-state index contributed by atoms with van der Waals surface area (Å²) >= 11 is 0. The highest BCUT2D eigenvalue weighted by Gasteiger charge is 2.26. The fraction of sp³-hybridized carbons (Fsp3) is 0.278. The van der Waals surface area contributed by atoms with Crippen LogP contribution < -0.4 is 5.32 Å². The first kappa shape index (κ1) is 16.1. The largest absolute Gasteiger partial charge is 0.338 e. The number of benzene rings is 2. The fourth-order valence-corrected chi connectivity index (χ4v) is 4.75. The standard InChI is InChI=1S/C18H20N4O2S/c23-25(24,22-11-4-1-5-12-22)15-8-6-7-14(13-15)19-18-16-9-2-3-10-17(16)20-21-18/h2-3,6-10,13H,1,4-5,11-12H2,(H2,19,20,21). The van der Waals surface area contributed by atoms with Crippen LogP contribution in [-0.2, 0) is 10.0 Å². The minimum atomic E-state index is -3.44. The predicted octanol–water partition coefficient (Wildman–Crippen LogP) is 3.48. The third kappa shape index (κ3) is 3.12. The molecule has 4 rings (SSSR count). The SMILES string of the molecule is O=S(=O)(c1cccc(Nc2n[nH]c3ccccc23)c1)N1CCCCC1. The number of anilines is 2. The Kier molecular flexibility index (Phi) is 4.19. The number of H-pyrrole nitrogens is 1. The molecular formula is C18H20N4O2S. The highest BCUT2D eigenvalue weighted by Crippen LogP contribution is 2.27. The van der Waals surface area contributed by atoms with Gasteiger partial charge in [-0.2, -0.15) is 9.40 Å². The minimum Gasteiger partial charge on any atom is -0.338 e. The van der Waals surface area contributed by atoms with E-state index in [0.29, 0.717) is 29.5 Å². The van der Waals surface area contributed by atoms with Crippen LogP contribution in [0.4, 0.5) is 11.5 Å². The molecule has 2 aromatic carbocycles. The Morgan fingerprint density at radius 2 is 1.80 bits per heavy atom. The van der Waals surface area contributed by atoms with Crippen LogP contribution in [0.3, 0.4) is 0 Å². The van der Waals surface area contributed by atoms with Gasteiger partial charge < -0.3 is 5.32 Å². The van der Waals surface area contributed by atoms with Gasteiger partial charge in [0.05, 0.1) is 10.4 Å². The molecule has 0 amide bonds. The fourth-order valence-electron chi connectivity index (χ4n) is 3.18. The number of piperidine rings is 1. The number of rotatable bonds is 4. The lowest BCUT2D eigenvalue weighted by atomic mass is 10.2. The number of para-hydroxylation sites is 1. The Balaban J connectivity index is 1.63. The highest BCUT2D eigenvalue weighted by atomic mass is 32.2. The Morgan fingerprint density at radius 3 is 2.64 bits per heavy atom. The molecule has 7 heteroatoms. The van der Waals surface area contributed by atoms with Crippen LogP contribution in [0.2, 0.25) is 0 Å². The second-order valence-electron chi connectivity index (χ2n) is 6.24. The second kappa shape index (κ2) is 6.50. The summed E-state index contributed by atoms with van der Waals surface area (Å²) in [6, 6.07) is 14.7. The molecule has 2 N–H and O–H groups in total. The third-order valence-corrected chi connectivity index (χ3v) is 6.41. The zero-order valence-corrected chi connectivity index (χ0v) is 14.6. The van der Waals surface area contributed by atoms with Crippen molar-refractivity contribution in [2.45, 2.75) is 24.2 Å². The molecule has 0 radical (unpaired) electrons. The number of fused-ring (bicyclic) bond motifs is 1. The number of aromatic amines is 1. The summed E-state index contributed by atoms with van der Waals surface area (Å²) in [5.41, 5.74) is 1.64. The van der Waals surface area contributed by atoms with Gasteiger partial charge in [-0.1, -0.05) is 24.6 Å². The number of hydrogen-bond donors (Lipinski definition) is 2. The van der Waals surface area contributed by atoms with Gasteiger partial charge >= 0.3 is 0 Å². The van der Waals surface area contributed by atoms with Crippen molar-refractivity contribution in [2.24, 2.45) is 0 Å². The summed E-state index contributed by atoms with van der Waals surface area (Å²) in [6.07, 6.45) is 2.95. The van der Waals surface area contributed by atoms with Crippen molar-refractivity contribution in [1.82, 2.24) is 14.5 Å². The number of nitrogens with one attached hydrogen (secondary N) is 2. The molecule has 1 aliphatic heterocycles. The molecule has 0 spiro atoms. The first-order chi connectivity index (χ1) is 12.1. The van der Waals surface area contributed by atoms with Crippen molar-refractivity contribution in [1.29, 1.82) is 0 Å². The molecule has 0 unspecified atom stereocenters. The van der Waals surface area contributed by atoms with Crippen molar-refractivity contribution < 1.29 is 8.42 Å². The molecule has 0 bridgehead atoms. The van der Waals surface area contributed by atoms with Gasteiger partial charge in [-0.25, -0.2) is 8.42 Å². The van der Waals surface area contributed by atoms with E-state index in [4.69, 9.17) is 0 Å². The van der Waals surface area contributed by atoms with E-state index in [0.717, 1.165) is 30.2 Å². The number of nitrogens with zero attached hydrogens (tertiary/aromatic N) is 2. The van der Waals surface area contributed by atoms with E-state index in [1.165, 1.54) is 0 Å². The van der Waals surface area contributed by atoms with E-state index in [2.05, 4.69) is 15.5 Å². The smallest absolute Gasteiger partial charge is 0.243 e. The van der Waals surface area contributed by atoms with E-state index in [1.807, 2.05) is 30.3 Å². The molecule has 6 nitrogen and oxygen atoms in total. The Labute approximate surface area is 146 Å². The molecule has 1 fully saturated rings. The van der Waals surface area contributed by atoms with E-state index in [1.54, 1.807) is 22.5 Å². The van der Waals surface area contributed by atoms with E-state index in [-0.39, 0.29) is 0 Å². The van der Waals surface area contributed by atoms with Crippen LogP contribution in [0.5, 0.6) is 0 Å². The second-order valence-corrected chi connectivity index (χ2v) is 8.17. The summed E-state index contributed by atoms with van der Waals surface area (Å²) in [6.45, 7) is 1.20. The molecule has 1 saturated heterocycles. The van der Waals surface area contributed by atoms with Gasteiger partial charge in [0, 0.05) is 24.2 Å². The first-order valence-electron chi connectivity index (χ1n) is 8.45. The van der Waals surface area contributed by atoms with Gasteiger partial charge in [0.2, 0.25) is 10.0 Å². The van der Waals surface area contributed by atoms with E-state index >= 15 is 0 Å². The van der Waals surface area contributed by atoms with Crippen molar-refractivity contribution in [2.75, 3.05) is 18.4 Å². The number of sulfonamides is 1. The zero-order valence-electron chi connectivity index (χ0n) is 13.8. The highest BCUT2D eigenvalue weighted by molar-refractivity contribution is 7.89. The topological polar surface area (TPSA) is 78.1 Å². The zero-order chi connectivity index (χ0) is 17.3. The minimum absolute atomic E-state index is 0.319. The maximum Gasteiger partial charge on any atom is 0.243 e. The average Bonchev–Trinajstić information content (AvgIpc) is 3.06. The maximum absolute atomic E-state index is 12.8. The van der Waals surface area contributed by atoms with Crippen molar-refractivity contribution in [3.05, 3.63) is 48.5 Å². The predicted molar refractivity (Wildman–Crippen MR) is 98.4 cm³/mol. The van der Waals surface area contributed by atoms with Crippen LogP contribution in [-0.4, -0.2) is 36.0 Å².